The van der Waals surface area contributed by atoms with Crippen molar-refractivity contribution in [2.75, 3.05) is 19.8 Å². The topological polar surface area (TPSA) is 44.5 Å². The van der Waals surface area contributed by atoms with Gasteiger partial charge in [0, 0.05) is 0 Å². The summed E-state index contributed by atoms with van der Waals surface area (Å²) in [7, 11) is 0. The molecule has 100 valence electrons. The van der Waals surface area contributed by atoms with Crippen LogP contribution >= 0.6 is 11.6 Å². The molecule has 1 aromatic rings. The van der Waals surface area contributed by atoms with Crippen molar-refractivity contribution in [2.24, 2.45) is 5.73 Å². The van der Waals surface area contributed by atoms with Gasteiger partial charge in [0.05, 0.1) is 5.02 Å². The van der Waals surface area contributed by atoms with E-state index in [1.807, 2.05) is 0 Å². The number of ether oxygens (including phenoxy) is 2. The molecule has 1 aliphatic heterocycles. The molecule has 1 heterocycles. The standard InChI is InChI=1S/C14H20ClNO2/c1-9(2)12-10(4-3-5-16)8-11-14(13(12)15)18-7-6-17-11/h8-9H,3-7,16H2,1-2H3. The van der Waals surface area contributed by atoms with Crippen LogP contribution in [0.15, 0.2) is 6.07 Å². The zero-order chi connectivity index (χ0) is 13.1. The molecular formula is C14H20ClNO2. The van der Waals surface area contributed by atoms with E-state index in [0.29, 0.717) is 36.4 Å². The highest BCUT2D eigenvalue weighted by atomic mass is 35.5. The van der Waals surface area contributed by atoms with Crippen LogP contribution in [0.25, 0.3) is 0 Å². The molecule has 2 rings (SSSR count). The van der Waals surface area contributed by atoms with Crippen molar-refractivity contribution in [3.63, 3.8) is 0 Å². The number of rotatable bonds is 4. The third-order valence-corrected chi connectivity index (χ3v) is 3.50. The molecule has 1 aliphatic rings. The molecule has 4 heteroatoms. The fourth-order valence-corrected chi connectivity index (χ4v) is 2.82. The lowest BCUT2D eigenvalue weighted by Gasteiger charge is -2.24. The summed E-state index contributed by atoms with van der Waals surface area (Å²) in [5, 5.41) is 0.703. The molecule has 0 aromatic heterocycles. The molecule has 0 atom stereocenters. The van der Waals surface area contributed by atoms with E-state index >= 15 is 0 Å². The maximum atomic E-state index is 6.47. The fraction of sp³-hybridized carbons (Fsp3) is 0.571. The molecule has 0 saturated carbocycles. The first-order chi connectivity index (χ1) is 8.65. The van der Waals surface area contributed by atoms with Crippen molar-refractivity contribution in [2.45, 2.75) is 32.6 Å². The normalized spacial score (nSPS) is 14.1. The smallest absolute Gasteiger partial charge is 0.180 e. The molecule has 18 heavy (non-hydrogen) atoms. The average Bonchev–Trinajstić information content (AvgIpc) is 2.36. The molecule has 0 aliphatic carbocycles. The Hall–Kier alpha value is -0.930. The SMILES string of the molecule is CC(C)c1c(CCCN)cc2c(c1Cl)OCCO2. The van der Waals surface area contributed by atoms with E-state index in [-0.39, 0.29) is 0 Å². The van der Waals surface area contributed by atoms with Gasteiger partial charge in [-0.15, -0.1) is 0 Å². The maximum Gasteiger partial charge on any atom is 0.180 e. The number of halogens is 1. The van der Waals surface area contributed by atoms with Gasteiger partial charge in [0.15, 0.2) is 11.5 Å². The van der Waals surface area contributed by atoms with Crippen LogP contribution in [0.3, 0.4) is 0 Å². The molecule has 1 aromatic carbocycles. The van der Waals surface area contributed by atoms with Crippen LogP contribution in [-0.2, 0) is 6.42 Å². The predicted octanol–water partition coefficient (Wildman–Crippen LogP) is 3.13. The molecular weight excluding hydrogens is 250 g/mol. The lowest BCUT2D eigenvalue weighted by Crippen LogP contribution is -2.17. The van der Waals surface area contributed by atoms with Gasteiger partial charge in [0.25, 0.3) is 0 Å². The number of hydrogen-bond donors (Lipinski definition) is 1. The zero-order valence-electron chi connectivity index (χ0n) is 11.0. The van der Waals surface area contributed by atoms with Gasteiger partial charge in [0.2, 0.25) is 0 Å². The van der Waals surface area contributed by atoms with Gasteiger partial charge in [-0.1, -0.05) is 25.4 Å². The molecule has 0 fully saturated rings. The summed E-state index contributed by atoms with van der Waals surface area (Å²) >= 11 is 6.47. The van der Waals surface area contributed by atoms with Crippen LogP contribution in [0.4, 0.5) is 0 Å². The van der Waals surface area contributed by atoms with Gasteiger partial charge >= 0.3 is 0 Å². The second-order valence-corrected chi connectivity index (χ2v) is 5.21. The van der Waals surface area contributed by atoms with E-state index in [0.717, 1.165) is 24.2 Å². The summed E-state index contributed by atoms with van der Waals surface area (Å²) < 4.78 is 11.2. The van der Waals surface area contributed by atoms with E-state index in [9.17, 15) is 0 Å². The Balaban J connectivity index is 2.46. The van der Waals surface area contributed by atoms with E-state index in [1.165, 1.54) is 5.56 Å². The van der Waals surface area contributed by atoms with Crippen molar-refractivity contribution in [1.29, 1.82) is 0 Å². The number of aryl methyl sites for hydroxylation is 1. The highest BCUT2D eigenvalue weighted by Gasteiger charge is 2.22. The van der Waals surface area contributed by atoms with E-state index in [4.69, 9.17) is 26.8 Å². The first kappa shape index (κ1) is 13.5. The summed E-state index contributed by atoms with van der Waals surface area (Å²) in [6.07, 6.45) is 1.88. The molecule has 0 unspecified atom stereocenters. The van der Waals surface area contributed by atoms with Gasteiger partial charge in [-0.25, -0.2) is 0 Å². The van der Waals surface area contributed by atoms with Gasteiger partial charge in [-0.2, -0.15) is 0 Å². The van der Waals surface area contributed by atoms with E-state index in [1.54, 1.807) is 0 Å². The zero-order valence-corrected chi connectivity index (χ0v) is 11.7. The minimum absolute atomic E-state index is 0.362. The van der Waals surface area contributed by atoms with E-state index < -0.39 is 0 Å². The molecule has 0 radical (unpaired) electrons. The second kappa shape index (κ2) is 5.81. The largest absolute Gasteiger partial charge is 0.486 e. The average molecular weight is 270 g/mol. The first-order valence-electron chi connectivity index (χ1n) is 6.46. The Morgan fingerprint density at radius 2 is 2.06 bits per heavy atom. The summed E-state index contributed by atoms with van der Waals surface area (Å²) in [6.45, 7) is 6.11. The number of hydrogen-bond acceptors (Lipinski definition) is 3. The van der Waals surface area contributed by atoms with Crippen LogP contribution in [0.5, 0.6) is 11.5 Å². The highest BCUT2D eigenvalue weighted by Crippen LogP contribution is 2.44. The van der Waals surface area contributed by atoms with Crippen molar-refractivity contribution in [1.82, 2.24) is 0 Å². The third kappa shape index (κ3) is 2.57. The molecule has 2 N–H and O–H groups in total. The van der Waals surface area contributed by atoms with E-state index in [2.05, 4.69) is 19.9 Å². The summed E-state index contributed by atoms with van der Waals surface area (Å²) in [5.74, 6) is 1.83. The molecule has 0 spiro atoms. The maximum absolute atomic E-state index is 6.47. The Bertz CT molecular complexity index is 432. The molecule has 3 nitrogen and oxygen atoms in total. The lowest BCUT2D eigenvalue weighted by atomic mass is 9.93. The minimum Gasteiger partial charge on any atom is -0.486 e. The minimum atomic E-state index is 0.362. The van der Waals surface area contributed by atoms with Crippen LogP contribution in [0, 0.1) is 0 Å². The third-order valence-electron chi connectivity index (χ3n) is 3.13. The molecule has 0 bridgehead atoms. The monoisotopic (exact) mass is 269 g/mol. The van der Waals surface area contributed by atoms with Crippen LogP contribution in [0.1, 0.15) is 37.3 Å². The number of fused-ring (bicyclic) bond motifs is 1. The highest BCUT2D eigenvalue weighted by molar-refractivity contribution is 6.33. The Kier molecular flexibility index (Phi) is 4.36. The first-order valence-corrected chi connectivity index (χ1v) is 6.84. The van der Waals surface area contributed by atoms with Crippen molar-refractivity contribution < 1.29 is 9.47 Å². The second-order valence-electron chi connectivity index (χ2n) is 4.83. The Morgan fingerprint density at radius 1 is 1.33 bits per heavy atom. The van der Waals surface area contributed by atoms with Gasteiger partial charge in [-0.05, 0) is 42.5 Å². The summed E-state index contributed by atoms with van der Waals surface area (Å²) in [6, 6.07) is 2.06. The van der Waals surface area contributed by atoms with Gasteiger partial charge < -0.3 is 15.2 Å². The van der Waals surface area contributed by atoms with Crippen LogP contribution in [0.2, 0.25) is 5.02 Å². The molecule has 0 amide bonds. The Labute approximate surface area is 113 Å². The molecule has 0 saturated heterocycles. The van der Waals surface area contributed by atoms with Crippen LogP contribution < -0.4 is 15.2 Å². The van der Waals surface area contributed by atoms with Crippen molar-refractivity contribution in [3.8, 4) is 11.5 Å². The van der Waals surface area contributed by atoms with Crippen molar-refractivity contribution >= 4 is 11.6 Å². The summed E-state index contributed by atoms with van der Waals surface area (Å²) in [5.41, 5.74) is 7.98. The van der Waals surface area contributed by atoms with Crippen molar-refractivity contribution in [3.05, 3.63) is 22.2 Å². The number of nitrogens with two attached hydrogens (primary N) is 1. The van der Waals surface area contributed by atoms with Gasteiger partial charge in [0.1, 0.15) is 13.2 Å². The Morgan fingerprint density at radius 3 is 2.72 bits per heavy atom. The van der Waals surface area contributed by atoms with Crippen LogP contribution in [-0.4, -0.2) is 19.8 Å². The fourth-order valence-electron chi connectivity index (χ4n) is 2.33. The lowest BCUT2D eigenvalue weighted by molar-refractivity contribution is 0.171. The predicted molar refractivity (Wildman–Crippen MR) is 73.9 cm³/mol. The summed E-state index contributed by atoms with van der Waals surface area (Å²) in [4.78, 5) is 0. The number of benzene rings is 1. The quantitative estimate of drug-likeness (QED) is 0.913. The van der Waals surface area contributed by atoms with Gasteiger partial charge in [-0.3, -0.25) is 0 Å².